The SMILES string of the molecule is CNC1CCCN(C(=O)c2cc(C)nc3c2c(=O)[nH]n3C)C1.Cl.Cl. The third-order valence-electron chi connectivity index (χ3n) is 4.29. The van der Waals surface area contributed by atoms with E-state index in [4.69, 9.17) is 0 Å². The van der Waals surface area contributed by atoms with Crippen LogP contribution in [0.1, 0.15) is 28.9 Å². The molecule has 0 bridgehead atoms. The Morgan fingerprint density at radius 1 is 1.42 bits per heavy atom. The van der Waals surface area contributed by atoms with Crippen molar-refractivity contribution < 1.29 is 4.79 Å². The summed E-state index contributed by atoms with van der Waals surface area (Å²) < 4.78 is 1.56. The van der Waals surface area contributed by atoms with Gasteiger partial charge in [-0.3, -0.25) is 19.4 Å². The standard InChI is InChI=1S/C15H21N5O2.2ClH/c1-9-7-11(12-13(17-9)19(3)18-14(12)21)15(22)20-6-4-5-10(8-20)16-2;;/h7,10,16H,4-6,8H2,1-3H3,(H,18,21);2*1H. The summed E-state index contributed by atoms with van der Waals surface area (Å²) >= 11 is 0. The quantitative estimate of drug-likeness (QED) is 0.826. The monoisotopic (exact) mass is 375 g/mol. The van der Waals surface area contributed by atoms with Crippen LogP contribution in [0, 0.1) is 6.92 Å². The number of carbonyl (C=O) groups excluding carboxylic acids is 1. The van der Waals surface area contributed by atoms with Crippen LogP contribution in [0.4, 0.5) is 0 Å². The van der Waals surface area contributed by atoms with E-state index in [2.05, 4.69) is 15.4 Å². The Kier molecular flexibility index (Phi) is 6.83. The first-order valence-electron chi connectivity index (χ1n) is 7.54. The van der Waals surface area contributed by atoms with Gasteiger partial charge in [-0.2, -0.15) is 0 Å². The molecule has 1 atom stereocenters. The largest absolute Gasteiger partial charge is 0.337 e. The Morgan fingerprint density at radius 3 is 2.79 bits per heavy atom. The first-order valence-corrected chi connectivity index (χ1v) is 7.54. The Balaban J connectivity index is 0.00000144. The minimum atomic E-state index is -0.268. The average Bonchev–Trinajstić information content (AvgIpc) is 2.80. The molecular formula is C15H23Cl2N5O2. The number of halogens is 2. The van der Waals surface area contributed by atoms with E-state index in [-0.39, 0.29) is 36.3 Å². The maximum Gasteiger partial charge on any atom is 0.274 e. The zero-order valence-corrected chi connectivity index (χ0v) is 15.6. The minimum absolute atomic E-state index is 0. The second kappa shape index (κ2) is 8.00. The first kappa shape index (κ1) is 20.5. The maximum absolute atomic E-state index is 12.9. The Hall–Kier alpha value is -1.57. The number of carbonyl (C=O) groups is 1. The van der Waals surface area contributed by atoms with Gasteiger partial charge in [-0.25, -0.2) is 4.98 Å². The summed E-state index contributed by atoms with van der Waals surface area (Å²) in [7, 11) is 3.64. The summed E-state index contributed by atoms with van der Waals surface area (Å²) in [5.74, 6) is -0.0906. The minimum Gasteiger partial charge on any atom is -0.337 e. The molecule has 9 heteroatoms. The van der Waals surface area contributed by atoms with Crippen LogP contribution in [0.5, 0.6) is 0 Å². The zero-order valence-electron chi connectivity index (χ0n) is 14.0. The summed E-state index contributed by atoms with van der Waals surface area (Å²) in [4.78, 5) is 31.2. The molecule has 0 spiro atoms. The number of hydrogen-bond acceptors (Lipinski definition) is 4. The van der Waals surface area contributed by atoms with Crippen molar-refractivity contribution in [1.82, 2.24) is 25.0 Å². The van der Waals surface area contributed by atoms with E-state index in [0.29, 0.717) is 29.2 Å². The number of amides is 1. The number of fused-ring (bicyclic) bond motifs is 1. The Labute approximate surface area is 152 Å². The van der Waals surface area contributed by atoms with Crippen molar-refractivity contribution in [2.45, 2.75) is 25.8 Å². The van der Waals surface area contributed by atoms with Gasteiger partial charge in [0.25, 0.3) is 11.5 Å². The molecule has 0 aliphatic carbocycles. The summed E-state index contributed by atoms with van der Waals surface area (Å²) in [5, 5.41) is 6.28. The molecule has 1 unspecified atom stereocenters. The van der Waals surface area contributed by atoms with Crippen LogP contribution in [0.15, 0.2) is 10.9 Å². The smallest absolute Gasteiger partial charge is 0.274 e. The fourth-order valence-corrected chi connectivity index (χ4v) is 3.12. The van der Waals surface area contributed by atoms with Crippen LogP contribution in [0.3, 0.4) is 0 Å². The first-order chi connectivity index (χ1) is 10.5. The molecule has 1 amide bonds. The Bertz CT molecular complexity index is 786. The van der Waals surface area contributed by atoms with Crippen LogP contribution < -0.4 is 10.9 Å². The van der Waals surface area contributed by atoms with Crippen LogP contribution in [-0.4, -0.2) is 51.8 Å². The van der Waals surface area contributed by atoms with Gasteiger partial charge in [0.05, 0.1) is 10.9 Å². The number of hydrogen-bond donors (Lipinski definition) is 2. The number of pyridine rings is 1. The van der Waals surface area contributed by atoms with Gasteiger partial charge in [0.1, 0.15) is 0 Å². The lowest BCUT2D eigenvalue weighted by atomic mass is 10.0. The number of aromatic amines is 1. The highest BCUT2D eigenvalue weighted by Crippen LogP contribution is 2.19. The second-order valence-corrected chi connectivity index (χ2v) is 5.89. The summed E-state index contributed by atoms with van der Waals surface area (Å²) in [6.45, 7) is 3.23. The van der Waals surface area contributed by atoms with Crippen molar-refractivity contribution in [3.8, 4) is 0 Å². The number of nitrogens with one attached hydrogen (secondary N) is 2. The highest BCUT2D eigenvalue weighted by molar-refractivity contribution is 6.05. The van der Waals surface area contributed by atoms with E-state index >= 15 is 0 Å². The number of nitrogens with zero attached hydrogens (tertiary/aromatic N) is 3. The van der Waals surface area contributed by atoms with Gasteiger partial charge in [0, 0.05) is 31.9 Å². The lowest BCUT2D eigenvalue weighted by Gasteiger charge is -2.32. The predicted octanol–water partition coefficient (Wildman–Crippen LogP) is 1.24. The van der Waals surface area contributed by atoms with E-state index < -0.39 is 0 Å². The normalized spacial score (nSPS) is 17.3. The molecule has 2 aromatic heterocycles. The van der Waals surface area contributed by atoms with Crippen molar-refractivity contribution >= 4 is 41.8 Å². The number of aryl methyl sites for hydroxylation is 2. The maximum atomic E-state index is 12.9. The summed E-state index contributed by atoms with van der Waals surface area (Å²) in [6.07, 6.45) is 2.03. The third kappa shape index (κ3) is 3.58. The highest BCUT2D eigenvalue weighted by atomic mass is 35.5. The average molecular weight is 376 g/mol. The Morgan fingerprint density at radius 2 is 2.12 bits per heavy atom. The van der Waals surface area contributed by atoms with Crippen LogP contribution >= 0.6 is 24.8 Å². The van der Waals surface area contributed by atoms with Crippen LogP contribution in [0.25, 0.3) is 11.0 Å². The van der Waals surface area contributed by atoms with Gasteiger partial charge in [-0.1, -0.05) is 0 Å². The predicted molar refractivity (Wildman–Crippen MR) is 98.6 cm³/mol. The molecule has 1 fully saturated rings. The lowest BCUT2D eigenvalue weighted by molar-refractivity contribution is 0.0700. The zero-order chi connectivity index (χ0) is 15.9. The van der Waals surface area contributed by atoms with Crippen molar-refractivity contribution in [1.29, 1.82) is 0 Å². The fraction of sp³-hybridized carbons (Fsp3) is 0.533. The van der Waals surface area contributed by atoms with E-state index in [1.165, 1.54) is 0 Å². The number of aromatic nitrogens is 3. The molecule has 7 nitrogen and oxygen atoms in total. The highest BCUT2D eigenvalue weighted by Gasteiger charge is 2.26. The number of likely N-dealkylation sites (tertiary alicyclic amines) is 1. The second-order valence-electron chi connectivity index (χ2n) is 5.89. The molecule has 0 aromatic carbocycles. The lowest BCUT2D eigenvalue weighted by Crippen LogP contribution is -2.47. The fourth-order valence-electron chi connectivity index (χ4n) is 3.12. The molecular weight excluding hydrogens is 353 g/mol. The van der Waals surface area contributed by atoms with Gasteiger partial charge in [0.15, 0.2) is 5.65 Å². The molecule has 3 rings (SSSR count). The van der Waals surface area contributed by atoms with Crippen molar-refractivity contribution in [2.24, 2.45) is 7.05 Å². The van der Waals surface area contributed by atoms with E-state index in [0.717, 1.165) is 25.1 Å². The summed E-state index contributed by atoms with van der Waals surface area (Å²) in [5.41, 5.74) is 1.43. The van der Waals surface area contributed by atoms with Gasteiger partial charge in [-0.15, -0.1) is 24.8 Å². The third-order valence-corrected chi connectivity index (χ3v) is 4.29. The van der Waals surface area contributed by atoms with E-state index in [1.54, 1.807) is 17.8 Å². The number of rotatable bonds is 2. The summed E-state index contributed by atoms with van der Waals surface area (Å²) in [6, 6.07) is 2.02. The van der Waals surface area contributed by atoms with Crippen LogP contribution in [0.2, 0.25) is 0 Å². The van der Waals surface area contributed by atoms with Crippen molar-refractivity contribution in [2.75, 3.05) is 20.1 Å². The van der Waals surface area contributed by atoms with E-state index in [9.17, 15) is 9.59 Å². The molecule has 1 saturated heterocycles. The van der Waals surface area contributed by atoms with Crippen molar-refractivity contribution in [3.63, 3.8) is 0 Å². The number of likely N-dealkylation sites (N-methyl/N-ethyl adjacent to an activating group) is 1. The van der Waals surface area contributed by atoms with Gasteiger partial charge < -0.3 is 10.2 Å². The molecule has 0 saturated carbocycles. The molecule has 1 aliphatic heterocycles. The molecule has 2 aromatic rings. The van der Waals surface area contributed by atoms with Gasteiger partial charge in [-0.05, 0) is 32.9 Å². The van der Waals surface area contributed by atoms with Gasteiger partial charge >= 0.3 is 0 Å². The number of H-pyrrole nitrogens is 1. The molecule has 1 aliphatic rings. The topological polar surface area (TPSA) is 83.0 Å². The molecule has 2 N–H and O–H groups in total. The molecule has 134 valence electrons. The van der Waals surface area contributed by atoms with E-state index in [1.807, 2.05) is 18.9 Å². The molecule has 0 radical (unpaired) electrons. The molecule has 24 heavy (non-hydrogen) atoms. The number of piperidine rings is 1. The van der Waals surface area contributed by atoms with Crippen LogP contribution in [-0.2, 0) is 7.05 Å². The van der Waals surface area contributed by atoms with Crippen molar-refractivity contribution in [3.05, 3.63) is 27.7 Å². The molecule has 3 heterocycles. The van der Waals surface area contributed by atoms with Gasteiger partial charge in [0.2, 0.25) is 0 Å².